The quantitative estimate of drug-likeness (QED) is 0.571. The topological polar surface area (TPSA) is 66.1 Å². The summed E-state index contributed by atoms with van der Waals surface area (Å²) in [5.74, 6) is 0.131. The van der Waals surface area contributed by atoms with E-state index in [1.54, 1.807) is 6.07 Å². The average molecular weight is 395 g/mol. The number of aromatic amines is 1. The number of amides is 1. The van der Waals surface area contributed by atoms with Gasteiger partial charge in [-0.25, -0.2) is 5.10 Å². The van der Waals surface area contributed by atoms with Crippen LogP contribution in [0.15, 0.2) is 71.5 Å². The molecule has 0 bridgehead atoms. The molecular formula is C25H21N3O2. The molecule has 30 heavy (non-hydrogen) atoms. The first-order valence-corrected chi connectivity index (χ1v) is 10.0. The van der Waals surface area contributed by atoms with Crippen LogP contribution in [0.3, 0.4) is 0 Å². The molecule has 0 fully saturated rings. The van der Waals surface area contributed by atoms with Crippen LogP contribution in [0.1, 0.15) is 22.3 Å². The second-order valence-corrected chi connectivity index (χ2v) is 7.79. The molecule has 4 aromatic rings. The van der Waals surface area contributed by atoms with Crippen molar-refractivity contribution in [3.05, 3.63) is 99.3 Å². The Bertz CT molecular complexity index is 1310. The van der Waals surface area contributed by atoms with Crippen LogP contribution in [0.5, 0.6) is 0 Å². The van der Waals surface area contributed by atoms with Gasteiger partial charge in [0, 0.05) is 24.0 Å². The van der Waals surface area contributed by atoms with Crippen molar-refractivity contribution in [3.63, 3.8) is 0 Å². The number of hydrogen-bond acceptors (Lipinski definition) is 3. The molecule has 3 aromatic carbocycles. The average Bonchev–Trinajstić information content (AvgIpc) is 3.20. The zero-order valence-corrected chi connectivity index (χ0v) is 16.7. The van der Waals surface area contributed by atoms with Gasteiger partial charge in [-0.3, -0.25) is 9.59 Å². The molecule has 0 unspecified atom stereocenters. The fourth-order valence-corrected chi connectivity index (χ4v) is 4.22. The highest BCUT2D eigenvalue weighted by Gasteiger charge is 2.23. The van der Waals surface area contributed by atoms with Crippen LogP contribution < -0.4 is 5.56 Å². The van der Waals surface area contributed by atoms with E-state index >= 15 is 0 Å². The van der Waals surface area contributed by atoms with Gasteiger partial charge in [0.25, 0.3) is 5.56 Å². The normalized spacial score (nSPS) is 12.9. The number of aromatic nitrogens is 2. The summed E-state index contributed by atoms with van der Waals surface area (Å²) in [4.78, 5) is 26.8. The van der Waals surface area contributed by atoms with Crippen LogP contribution in [0.4, 0.5) is 0 Å². The smallest absolute Gasteiger partial charge is 0.272 e. The van der Waals surface area contributed by atoms with Crippen LogP contribution in [0, 0.1) is 6.92 Å². The number of rotatable bonds is 3. The summed E-state index contributed by atoms with van der Waals surface area (Å²) in [7, 11) is 0. The lowest BCUT2D eigenvalue weighted by Gasteiger charge is -2.16. The van der Waals surface area contributed by atoms with Crippen molar-refractivity contribution >= 4 is 16.7 Å². The molecule has 0 spiro atoms. The Morgan fingerprint density at radius 3 is 2.33 bits per heavy atom. The van der Waals surface area contributed by atoms with E-state index in [0.717, 1.165) is 27.8 Å². The third-order valence-corrected chi connectivity index (χ3v) is 5.79. The molecule has 0 aliphatic carbocycles. The minimum Gasteiger partial charge on any atom is -0.334 e. The van der Waals surface area contributed by atoms with Crippen molar-refractivity contribution in [1.82, 2.24) is 15.1 Å². The molecule has 5 nitrogen and oxygen atoms in total. The molecule has 1 aliphatic rings. The summed E-state index contributed by atoms with van der Waals surface area (Å²) < 4.78 is 0. The zero-order valence-electron chi connectivity index (χ0n) is 16.7. The van der Waals surface area contributed by atoms with Gasteiger partial charge in [0.05, 0.1) is 17.5 Å². The Morgan fingerprint density at radius 2 is 1.63 bits per heavy atom. The lowest BCUT2D eigenvalue weighted by Crippen LogP contribution is -2.26. The third-order valence-electron chi connectivity index (χ3n) is 5.79. The predicted molar refractivity (Wildman–Crippen MR) is 117 cm³/mol. The maximum absolute atomic E-state index is 12.8. The Morgan fingerprint density at radius 1 is 0.967 bits per heavy atom. The lowest BCUT2D eigenvalue weighted by molar-refractivity contribution is -0.131. The minimum absolute atomic E-state index is 0.131. The highest BCUT2D eigenvalue weighted by molar-refractivity contribution is 5.94. The Labute approximate surface area is 174 Å². The van der Waals surface area contributed by atoms with Crippen molar-refractivity contribution in [2.24, 2.45) is 0 Å². The van der Waals surface area contributed by atoms with E-state index < -0.39 is 0 Å². The molecule has 1 aliphatic heterocycles. The first kappa shape index (κ1) is 18.3. The first-order valence-electron chi connectivity index (χ1n) is 10.0. The zero-order chi connectivity index (χ0) is 20.7. The van der Waals surface area contributed by atoms with Crippen molar-refractivity contribution in [1.29, 1.82) is 0 Å². The maximum Gasteiger partial charge on any atom is 0.272 e. The highest BCUT2D eigenvalue weighted by atomic mass is 16.2. The summed E-state index contributed by atoms with van der Waals surface area (Å²) in [6.45, 7) is 3.37. The van der Waals surface area contributed by atoms with Crippen LogP contribution in [-0.2, 0) is 24.3 Å². The second-order valence-electron chi connectivity index (χ2n) is 7.79. The first-order chi connectivity index (χ1) is 14.6. The van der Waals surface area contributed by atoms with E-state index in [9.17, 15) is 9.59 Å². The van der Waals surface area contributed by atoms with Crippen LogP contribution in [0.25, 0.3) is 22.0 Å². The SMILES string of the molecule is Cc1cc(CC(=O)N2Cc3ccccc3C2)ccc1-c1n[nH]c(=O)c2ccccc12. The van der Waals surface area contributed by atoms with Gasteiger partial charge in [0.2, 0.25) is 5.91 Å². The summed E-state index contributed by atoms with van der Waals surface area (Å²) in [5, 5.41) is 8.34. The van der Waals surface area contributed by atoms with Crippen LogP contribution in [-0.4, -0.2) is 21.0 Å². The van der Waals surface area contributed by atoms with Crippen molar-refractivity contribution < 1.29 is 4.79 Å². The predicted octanol–water partition coefficient (Wildman–Crippen LogP) is 3.98. The van der Waals surface area contributed by atoms with Crippen molar-refractivity contribution in [2.45, 2.75) is 26.4 Å². The van der Waals surface area contributed by atoms with Gasteiger partial charge in [-0.1, -0.05) is 60.7 Å². The molecule has 2 heterocycles. The molecular weight excluding hydrogens is 374 g/mol. The molecule has 1 amide bonds. The molecule has 5 heteroatoms. The fourth-order valence-electron chi connectivity index (χ4n) is 4.22. The largest absolute Gasteiger partial charge is 0.334 e. The van der Waals surface area contributed by atoms with Gasteiger partial charge in [-0.15, -0.1) is 0 Å². The molecule has 148 valence electrons. The fraction of sp³-hybridized carbons (Fsp3) is 0.160. The molecule has 0 atom stereocenters. The number of nitrogens with one attached hydrogen (secondary N) is 1. The second kappa shape index (κ2) is 7.26. The monoisotopic (exact) mass is 395 g/mol. The van der Waals surface area contributed by atoms with E-state index in [1.807, 2.05) is 60.4 Å². The number of hydrogen-bond donors (Lipinski definition) is 1. The highest BCUT2D eigenvalue weighted by Crippen LogP contribution is 2.28. The number of aryl methyl sites for hydroxylation is 1. The summed E-state index contributed by atoms with van der Waals surface area (Å²) in [5.41, 5.74) is 5.96. The minimum atomic E-state index is -0.194. The van der Waals surface area contributed by atoms with Gasteiger partial charge in [0.1, 0.15) is 0 Å². The Kier molecular flexibility index (Phi) is 4.43. The van der Waals surface area contributed by atoms with Gasteiger partial charge in [-0.05, 0) is 35.2 Å². The van der Waals surface area contributed by atoms with Gasteiger partial charge in [0.15, 0.2) is 0 Å². The maximum atomic E-state index is 12.8. The van der Waals surface area contributed by atoms with E-state index in [4.69, 9.17) is 0 Å². The molecule has 0 saturated carbocycles. The van der Waals surface area contributed by atoms with E-state index in [0.29, 0.717) is 24.9 Å². The third kappa shape index (κ3) is 3.18. The van der Waals surface area contributed by atoms with E-state index in [2.05, 4.69) is 22.3 Å². The number of nitrogens with zero attached hydrogens (tertiary/aromatic N) is 2. The molecule has 5 rings (SSSR count). The van der Waals surface area contributed by atoms with Crippen LogP contribution >= 0.6 is 0 Å². The van der Waals surface area contributed by atoms with E-state index in [1.165, 1.54) is 11.1 Å². The molecule has 0 saturated heterocycles. The van der Waals surface area contributed by atoms with Crippen LogP contribution in [0.2, 0.25) is 0 Å². The number of carbonyl (C=O) groups excluding carboxylic acids is 1. The molecule has 1 N–H and O–H groups in total. The standard InChI is InChI=1S/C25H21N3O2/c1-16-12-17(13-23(29)28-14-18-6-2-3-7-19(18)15-28)10-11-20(16)24-21-8-4-5-9-22(21)25(30)27-26-24/h2-12H,13-15H2,1H3,(H,27,30). The number of fused-ring (bicyclic) bond motifs is 2. The number of carbonyl (C=O) groups is 1. The summed E-state index contributed by atoms with van der Waals surface area (Å²) >= 11 is 0. The van der Waals surface area contributed by atoms with E-state index in [-0.39, 0.29) is 11.5 Å². The van der Waals surface area contributed by atoms with Crippen molar-refractivity contribution in [3.8, 4) is 11.3 Å². The number of H-pyrrole nitrogens is 1. The van der Waals surface area contributed by atoms with Gasteiger partial charge < -0.3 is 4.90 Å². The lowest BCUT2D eigenvalue weighted by atomic mass is 9.98. The summed E-state index contributed by atoms with van der Waals surface area (Å²) in [6.07, 6.45) is 0.370. The number of benzene rings is 3. The Balaban J connectivity index is 1.40. The molecule has 0 radical (unpaired) electrons. The van der Waals surface area contributed by atoms with Crippen molar-refractivity contribution in [2.75, 3.05) is 0 Å². The van der Waals surface area contributed by atoms with Gasteiger partial charge in [-0.2, -0.15) is 5.10 Å². The summed E-state index contributed by atoms with van der Waals surface area (Å²) in [6, 6.07) is 21.7. The van der Waals surface area contributed by atoms with Gasteiger partial charge >= 0.3 is 0 Å². The Hall–Kier alpha value is -3.73. The molecule has 1 aromatic heterocycles.